The second-order valence-corrected chi connectivity index (χ2v) is 9.04. The van der Waals surface area contributed by atoms with Crippen molar-refractivity contribution in [3.8, 4) is 11.4 Å². The first-order valence-corrected chi connectivity index (χ1v) is 10.9. The maximum atomic E-state index is 13.5. The highest BCUT2D eigenvalue weighted by Crippen LogP contribution is 2.56. The van der Waals surface area contributed by atoms with Crippen LogP contribution < -0.4 is 10.2 Å². The molecule has 0 saturated carbocycles. The van der Waals surface area contributed by atoms with Crippen molar-refractivity contribution in [1.29, 1.82) is 0 Å². The minimum atomic E-state index is -0.934. The van der Waals surface area contributed by atoms with Gasteiger partial charge in [0.25, 0.3) is 5.91 Å². The van der Waals surface area contributed by atoms with Gasteiger partial charge >= 0.3 is 0 Å². The Balaban J connectivity index is 1.32. The number of hydrogen-bond acceptors (Lipinski definition) is 4. The molecule has 1 aromatic heterocycles. The summed E-state index contributed by atoms with van der Waals surface area (Å²) in [5.41, 5.74) is 4.24. The third-order valence-electron chi connectivity index (χ3n) is 5.81. The highest BCUT2D eigenvalue weighted by atomic mass is 32.2. The van der Waals surface area contributed by atoms with Crippen molar-refractivity contribution >= 4 is 46.0 Å². The van der Waals surface area contributed by atoms with Gasteiger partial charge in [0.1, 0.15) is 5.82 Å². The highest BCUT2D eigenvalue weighted by Gasteiger charge is 2.57. The lowest BCUT2D eigenvalue weighted by atomic mass is 10.1. The van der Waals surface area contributed by atoms with Crippen molar-refractivity contribution in [1.82, 2.24) is 9.97 Å². The highest BCUT2D eigenvalue weighted by molar-refractivity contribution is 8.02. The lowest BCUT2D eigenvalue weighted by molar-refractivity contribution is -0.121. The zero-order chi connectivity index (χ0) is 21.0. The van der Waals surface area contributed by atoms with E-state index in [1.807, 2.05) is 72.8 Å². The van der Waals surface area contributed by atoms with Crippen LogP contribution in [0.15, 0.2) is 77.7 Å². The summed E-state index contributed by atoms with van der Waals surface area (Å²) < 4.78 is 0. The standard InChI is InChI=1S/C24H18N4O2S/c29-21-12-13-24(28(21)19-10-3-4-11-20(19)31-24)23(30)25-16-7-5-6-15(14-16)22-26-17-8-1-2-9-18(17)27-22/h1-11,14H,12-13H2,(H,25,30)(H,26,27). The van der Waals surface area contributed by atoms with Crippen molar-refractivity contribution in [2.24, 2.45) is 0 Å². The van der Waals surface area contributed by atoms with Gasteiger partial charge in [-0.05, 0) is 42.8 Å². The number of H-pyrrole nitrogens is 1. The minimum Gasteiger partial charge on any atom is -0.338 e. The summed E-state index contributed by atoms with van der Waals surface area (Å²) >= 11 is 1.46. The molecule has 2 aliphatic rings. The van der Waals surface area contributed by atoms with Gasteiger partial charge in [0.2, 0.25) is 5.91 Å². The molecule has 2 aliphatic heterocycles. The van der Waals surface area contributed by atoms with Crippen LogP contribution in [0.2, 0.25) is 0 Å². The summed E-state index contributed by atoms with van der Waals surface area (Å²) in [7, 11) is 0. The molecule has 2 N–H and O–H groups in total. The van der Waals surface area contributed by atoms with Crippen LogP contribution in [0.3, 0.4) is 0 Å². The fourth-order valence-corrected chi connectivity index (χ4v) is 5.77. The van der Waals surface area contributed by atoms with Crippen molar-refractivity contribution in [2.75, 3.05) is 10.2 Å². The molecular formula is C24H18N4O2S. The van der Waals surface area contributed by atoms with E-state index in [9.17, 15) is 9.59 Å². The number of fused-ring (bicyclic) bond motifs is 4. The summed E-state index contributed by atoms with van der Waals surface area (Å²) in [4.78, 5) is 35.8. The molecule has 4 aromatic rings. The van der Waals surface area contributed by atoms with Gasteiger partial charge in [0.15, 0.2) is 4.87 Å². The molecule has 1 atom stereocenters. The van der Waals surface area contributed by atoms with E-state index in [-0.39, 0.29) is 11.8 Å². The van der Waals surface area contributed by atoms with E-state index in [1.54, 1.807) is 4.90 Å². The maximum absolute atomic E-state index is 13.5. The van der Waals surface area contributed by atoms with Crippen LogP contribution in [0.25, 0.3) is 22.4 Å². The zero-order valence-electron chi connectivity index (χ0n) is 16.5. The van der Waals surface area contributed by atoms with Crippen LogP contribution in [0.5, 0.6) is 0 Å². The number of aromatic amines is 1. The summed E-state index contributed by atoms with van der Waals surface area (Å²) in [6, 6.07) is 23.2. The Morgan fingerprint density at radius 2 is 1.90 bits per heavy atom. The van der Waals surface area contributed by atoms with Gasteiger partial charge in [-0.25, -0.2) is 4.98 Å². The van der Waals surface area contributed by atoms with Crippen LogP contribution in [0, 0.1) is 0 Å². The fourth-order valence-electron chi connectivity index (χ4n) is 4.36. The minimum absolute atomic E-state index is 0.0105. The normalized spacial score (nSPS) is 19.5. The third kappa shape index (κ3) is 2.77. The van der Waals surface area contributed by atoms with Gasteiger partial charge < -0.3 is 10.3 Å². The Morgan fingerprint density at radius 3 is 2.81 bits per heavy atom. The van der Waals surface area contributed by atoms with E-state index in [0.29, 0.717) is 18.5 Å². The predicted octanol–water partition coefficient (Wildman–Crippen LogP) is 4.80. The first-order chi connectivity index (χ1) is 15.1. The molecule has 3 heterocycles. The van der Waals surface area contributed by atoms with E-state index in [4.69, 9.17) is 0 Å². The molecule has 31 heavy (non-hydrogen) atoms. The predicted molar refractivity (Wildman–Crippen MR) is 122 cm³/mol. The number of nitrogens with one attached hydrogen (secondary N) is 2. The molecule has 0 radical (unpaired) electrons. The van der Waals surface area contributed by atoms with Crippen LogP contribution in [-0.2, 0) is 9.59 Å². The molecule has 0 aliphatic carbocycles. The Labute approximate surface area is 182 Å². The molecule has 2 amide bonds. The number of carbonyl (C=O) groups excluding carboxylic acids is 2. The van der Waals surface area contributed by atoms with Crippen molar-refractivity contribution in [2.45, 2.75) is 22.6 Å². The van der Waals surface area contributed by atoms with Crippen LogP contribution in [-0.4, -0.2) is 26.7 Å². The monoisotopic (exact) mass is 426 g/mol. The number of thioether (sulfide) groups is 1. The molecule has 0 spiro atoms. The van der Waals surface area contributed by atoms with E-state index in [1.165, 1.54) is 11.8 Å². The molecular weight excluding hydrogens is 408 g/mol. The van der Waals surface area contributed by atoms with E-state index in [0.717, 1.165) is 33.0 Å². The van der Waals surface area contributed by atoms with Gasteiger partial charge in [0, 0.05) is 22.6 Å². The molecule has 0 bridgehead atoms. The molecule has 3 aromatic carbocycles. The number of rotatable bonds is 3. The number of aromatic nitrogens is 2. The zero-order valence-corrected chi connectivity index (χ0v) is 17.3. The Hall–Kier alpha value is -3.58. The second kappa shape index (κ2) is 6.72. The lowest BCUT2D eigenvalue weighted by Crippen LogP contribution is -2.49. The molecule has 152 valence electrons. The summed E-state index contributed by atoms with van der Waals surface area (Å²) in [5, 5.41) is 3.05. The van der Waals surface area contributed by atoms with Gasteiger partial charge in [0.05, 0.1) is 16.7 Å². The first-order valence-electron chi connectivity index (χ1n) is 10.1. The molecule has 1 fully saturated rings. The lowest BCUT2D eigenvalue weighted by Gasteiger charge is -2.29. The summed E-state index contributed by atoms with van der Waals surface area (Å²) in [6.45, 7) is 0. The van der Waals surface area contributed by atoms with Crippen molar-refractivity contribution in [3.05, 3.63) is 72.8 Å². The summed E-state index contributed by atoms with van der Waals surface area (Å²) in [5.74, 6) is 0.556. The summed E-state index contributed by atoms with van der Waals surface area (Å²) in [6.07, 6.45) is 0.855. The fraction of sp³-hybridized carbons (Fsp3) is 0.125. The van der Waals surface area contributed by atoms with Crippen LogP contribution >= 0.6 is 11.8 Å². The molecule has 6 nitrogen and oxygen atoms in total. The first kappa shape index (κ1) is 18.2. The quantitative estimate of drug-likeness (QED) is 0.493. The van der Waals surface area contributed by atoms with E-state index >= 15 is 0 Å². The number of nitrogens with zero attached hydrogens (tertiary/aromatic N) is 2. The van der Waals surface area contributed by atoms with Gasteiger partial charge in [-0.1, -0.05) is 48.2 Å². The SMILES string of the molecule is O=C1CCC2(C(=O)Nc3cccc(-c4nc5ccccc5[nH]4)c3)Sc3ccccc3N12. The maximum Gasteiger partial charge on any atom is 0.261 e. The second-order valence-electron chi connectivity index (χ2n) is 7.72. The molecule has 1 unspecified atom stereocenters. The largest absolute Gasteiger partial charge is 0.338 e. The van der Waals surface area contributed by atoms with Crippen LogP contribution in [0.1, 0.15) is 12.8 Å². The number of amides is 2. The number of hydrogen-bond donors (Lipinski definition) is 2. The van der Waals surface area contributed by atoms with E-state index < -0.39 is 4.87 Å². The third-order valence-corrected chi connectivity index (χ3v) is 7.29. The molecule has 6 rings (SSSR count). The number of imidazole rings is 1. The average Bonchev–Trinajstić information content (AvgIpc) is 3.46. The van der Waals surface area contributed by atoms with Gasteiger partial charge in [-0.2, -0.15) is 0 Å². The van der Waals surface area contributed by atoms with Crippen molar-refractivity contribution in [3.63, 3.8) is 0 Å². The Morgan fingerprint density at radius 1 is 1.06 bits per heavy atom. The Kier molecular flexibility index (Phi) is 3.94. The van der Waals surface area contributed by atoms with Crippen LogP contribution in [0.4, 0.5) is 11.4 Å². The Bertz CT molecular complexity index is 1330. The van der Waals surface area contributed by atoms with Gasteiger partial charge in [-0.15, -0.1) is 0 Å². The molecule has 1 saturated heterocycles. The molecule has 7 heteroatoms. The number of benzene rings is 3. The van der Waals surface area contributed by atoms with Crippen molar-refractivity contribution < 1.29 is 9.59 Å². The van der Waals surface area contributed by atoms with E-state index in [2.05, 4.69) is 15.3 Å². The number of carbonyl (C=O) groups is 2. The number of para-hydroxylation sites is 3. The number of anilines is 2. The van der Waals surface area contributed by atoms with Gasteiger partial charge in [-0.3, -0.25) is 14.5 Å². The average molecular weight is 427 g/mol. The smallest absolute Gasteiger partial charge is 0.261 e. The topological polar surface area (TPSA) is 78.1 Å².